The average Bonchev–Trinajstić information content (AvgIpc) is 2.85. The predicted octanol–water partition coefficient (Wildman–Crippen LogP) is 5.07. The first-order valence-electron chi connectivity index (χ1n) is 9.84. The van der Waals surface area contributed by atoms with E-state index in [1.165, 1.54) is 16.7 Å². The third-order valence-electron chi connectivity index (χ3n) is 5.57. The molecule has 2 heterocycles. The number of hydrogen-bond acceptors (Lipinski definition) is 4. The molecule has 0 bridgehead atoms. The second-order valence-electron chi connectivity index (χ2n) is 7.36. The molecule has 0 atom stereocenters. The molecule has 7 heteroatoms. The molecule has 1 aromatic carbocycles. The number of likely N-dealkylation sites (tertiary alicyclic amines) is 1. The van der Waals surface area contributed by atoms with Crippen molar-refractivity contribution in [1.29, 1.82) is 0 Å². The molecule has 0 saturated carbocycles. The minimum atomic E-state index is -0.234. The Morgan fingerprint density at radius 2 is 1.93 bits per heavy atom. The molecule has 1 aliphatic heterocycles. The highest BCUT2D eigenvalue weighted by atomic mass is 127. The summed E-state index contributed by atoms with van der Waals surface area (Å²) in [4.78, 5) is 18.7. The molecule has 5 nitrogen and oxygen atoms in total. The molecule has 1 amide bonds. The van der Waals surface area contributed by atoms with Gasteiger partial charge in [-0.3, -0.25) is 4.98 Å². The normalized spacial score (nSPS) is 16.2. The summed E-state index contributed by atoms with van der Waals surface area (Å²) in [7, 11) is 0. The number of pyridine rings is 1. The molecule has 0 radical (unpaired) electrons. The smallest absolute Gasteiger partial charge is 0.409 e. The van der Waals surface area contributed by atoms with Gasteiger partial charge in [0.2, 0.25) is 0 Å². The molecule has 0 spiro atoms. The van der Waals surface area contributed by atoms with Crippen LogP contribution in [0.5, 0.6) is 0 Å². The fourth-order valence-electron chi connectivity index (χ4n) is 4.15. The second kappa shape index (κ2) is 8.52. The molecule has 1 fully saturated rings. The highest BCUT2D eigenvalue weighted by molar-refractivity contribution is 14.1. The van der Waals surface area contributed by atoms with Crippen LogP contribution in [-0.2, 0) is 17.6 Å². The van der Waals surface area contributed by atoms with E-state index in [0.29, 0.717) is 30.4 Å². The van der Waals surface area contributed by atoms with Gasteiger partial charge in [0, 0.05) is 28.4 Å². The number of aryl methyl sites for hydroxylation is 2. The first-order chi connectivity index (χ1) is 14.0. The molecule has 2 N–H and O–H groups in total. The maximum Gasteiger partial charge on any atom is 0.409 e. The topological polar surface area (TPSA) is 68.5 Å². The van der Waals surface area contributed by atoms with E-state index in [1.807, 2.05) is 25.3 Å². The number of rotatable bonds is 1. The summed E-state index contributed by atoms with van der Waals surface area (Å²) in [6, 6.07) is 6.21. The van der Waals surface area contributed by atoms with Crippen molar-refractivity contribution in [2.75, 3.05) is 25.4 Å². The second-order valence-corrected chi connectivity index (χ2v) is 9.01. The molecule has 2 aliphatic rings. The van der Waals surface area contributed by atoms with Crippen molar-refractivity contribution in [3.05, 3.63) is 60.9 Å². The molecule has 152 valence electrons. The van der Waals surface area contributed by atoms with Crippen molar-refractivity contribution in [2.45, 2.75) is 32.6 Å². The summed E-state index contributed by atoms with van der Waals surface area (Å²) < 4.78 is 6.29. The van der Waals surface area contributed by atoms with E-state index >= 15 is 0 Å². The van der Waals surface area contributed by atoms with Crippen molar-refractivity contribution < 1.29 is 9.53 Å². The standard InChI is InChI=1S/C22H23ClIN3O2/c1-2-29-22(28)27-7-5-13(6-8-27)20-17-11-19(25)18(23)10-14(17)3-4-15-9-16(24)12-26-21(15)20/h9-12H,2-8,25H2,1H3. The number of nitrogen functional groups attached to an aromatic ring is 1. The third-order valence-corrected chi connectivity index (χ3v) is 6.49. The lowest BCUT2D eigenvalue weighted by molar-refractivity contribution is 0.104. The minimum Gasteiger partial charge on any atom is -0.450 e. The van der Waals surface area contributed by atoms with Crippen LogP contribution < -0.4 is 5.73 Å². The van der Waals surface area contributed by atoms with Gasteiger partial charge in [0.25, 0.3) is 0 Å². The van der Waals surface area contributed by atoms with Gasteiger partial charge in [-0.05, 0) is 90.1 Å². The monoisotopic (exact) mass is 523 g/mol. The maximum atomic E-state index is 12.1. The summed E-state index contributed by atoms with van der Waals surface area (Å²) in [5, 5.41) is 0.596. The van der Waals surface area contributed by atoms with Crippen LogP contribution in [0, 0.1) is 3.57 Å². The molecule has 1 aromatic heterocycles. The van der Waals surface area contributed by atoms with Gasteiger partial charge in [0.05, 0.1) is 23.0 Å². The molecule has 1 saturated heterocycles. The van der Waals surface area contributed by atoms with Gasteiger partial charge in [0.1, 0.15) is 0 Å². The lowest BCUT2D eigenvalue weighted by atomic mass is 9.88. The number of nitrogens with two attached hydrogens (primary N) is 1. The fraction of sp³-hybridized carbons (Fsp3) is 0.364. The van der Waals surface area contributed by atoms with Crippen molar-refractivity contribution in [3.8, 4) is 0 Å². The van der Waals surface area contributed by atoms with Crippen molar-refractivity contribution in [3.63, 3.8) is 0 Å². The summed E-state index contributed by atoms with van der Waals surface area (Å²) in [6.07, 6.45) is 5.08. The van der Waals surface area contributed by atoms with Gasteiger partial charge in [-0.2, -0.15) is 0 Å². The van der Waals surface area contributed by atoms with Crippen LogP contribution in [0.2, 0.25) is 5.02 Å². The van der Waals surface area contributed by atoms with Gasteiger partial charge >= 0.3 is 6.09 Å². The number of ether oxygens (including phenoxy) is 1. The van der Waals surface area contributed by atoms with Crippen LogP contribution in [0.3, 0.4) is 0 Å². The largest absolute Gasteiger partial charge is 0.450 e. The highest BCUT2D eigenvalue weighted by Crippen LogP contribution is 2.40. The zero-order chi connectivity index (χ0) is 20.5. The number of carbonyl (C=O) groups excluding carboxylic acids is 1. The van der Waals surface area contributed by atoms with E-state index in [1.54, 1.807) is 4.90 Å². The number of nitrogens with zero attached hydrogens (tertiary/aromatic N) is 2. The molecule has 4 rings (SSSR count). The summed E-state index contributed by atoms with van der Waals surface area (Å²) >= 11 is 8.65. The van der Waals surface area contributed by atoms with Crippen LogP contribution in [0.4, 0.5) is 10.5 Å². The Balaban J connectivity index is 1.81. The van der Waals surface area contributed by atoms with Crippen LogP contribution in [0.15, 0.2) is 30.0 Å². The number of amides is 1. The SMILES string of the molecule is CCOC(=O)N1CCC(=C2c3cc(N)c(Cl)cc3CCc3cc(I)cnc32)CC1. The Hall–Kier alpha value is -1.80. The van der Waals surface area contributed by atoms with E-state index in [4.69, 9.17) is 27.1 Å². The predicted molar refractivity (Wildman–Crippen MR) is 124 cm³/mol. The summed E-state index contributed by atoms with van der Waals surface area (Å²) in [5.74, 6) is 0. The summed E-state index contributed by atoms with van der Waals surface area (Å²) in [5.41, 5.74) is 13.8. The number of halogens is 2. The van der Waals surface area contributed by atoms with Gasteiger partial charge in [-0.25, -0.2) is 4.79 Å². The van der Waals surface area contributed by atoms with Gasteiger partial charge in [-0.1, -0.05) is 17.2 Å². The van der Waals surface area contributed by atoms with Crippen LogP contribution in [0.25, 0.3) is 5.57 Å². The Labute approximate surface area is 189 Å². The highest BCUT2D eigenvalue weighted by Gasteiger charge is 2.27. The first kappa shape index (κ1) is 20.5. The number of anilines is 1. The molecule has 29 heavy (non-hydrogen) atoms. The van der Waals surface area contributed by atoms with Gasteiger partial charge in [-0.15, -0.1) is 0 Å². The van der Waals surface area contributed by atoms with Crippen molar-refractivity contribution >= 4 is 51.5 Å². The lowest BCUT2D eigenvalue weighted by Gasteiger charge is -2.29. The molecule has 2 aromatic rings. The lowest BCUT2D eigenvalue weighted by Crippen LogP contribution is -2.37. The van der Waals surface area contributed by atoms with E-state index in [2.05, 4.69) is 28.7 Å². The van der Waals surface area contributed by atoms with E-state index in [-0.39, 0.29) is 6.09 Å². The Morgan fingerprint density at radius 3 is 2.66 bits per heavy atom. The zero-order valence-electron chi connectivity index (χ0n) is 16.3. The molecular weight excluding hydrogens is 501 g/mol. The zero-order valence-corrected chi connectivity index (χ0v) is 19.2. The first-order valence-corrected chi connectivity index (χ1v) is 11.3. The fourth-order valence-corrected chi connectivity index (χ4v) is 4.85. The minimum absolute atomic E-state index is 0.234. The van der Waals surface area contributed by atoms with Crippen molar-refractivity contribution in [1.82, 2.24) is 9.88 Å². The van der Waals surface area contributed by atoms with E-state index < -0.39 is 0 Å². The Kier molecular flexibility index (Phi) is 6.01. The van der Waals surface area contributed by atoms with Gasteiger partial charge < -0.3 is 15.4 Å². The number of carbonyl (C=O) groups is 1. The van der Waals surface area contributed by atoms with E-state index in [9.17, 15) is 4.79 Å². The number of aromatic nitrogens is 1. The molecule has 1 aliphatic carbocycles. The van der Waals surface area contributed by atoms with Crippen molar-refractivity contribution in [2.24, 2.45) is 0 Å². The number of piperidine rings is 1. The van der Waals surface area contributed by atoms with Crippen LogP contribution >= 0.6 is 34.2 Å². The third kappa shape index (κ3) is 4.10. The quantitative estimate of drug-likeness (QED) is 0.418. The maximum absolute atomic E-state index is 12.1. The summed E-state index contributed by atoms with van der Waals surface area (Å²) in [6.45, 7) is 3.52. The Morgan fingerprint density at radius 1 is 1.21 bits per heavy atom. The number of hydrogen-bond donors (Lipinski definition) is 1. The van der Waals surface area contributed by atoms with Crippen LogP contribution in [0.1, 0.15) is 42.1 Å². The molecular formula is C22H23ClIN3O2. The number of benzene rings is 1. The van der Waals surface area contributed by atoms with Crippen LogP contribution in [-0.4, -0.2) is 35.7 Å². The Bertz CT molecular complexity index is 996. The number of fused-ring (bicyclic) bond motifs is 2. The average molecular weight is 524 g/mol. The van der Waals surface area contributed by atoms with Gasteiger partial charge in [0.15, 0.2) is 0 Å². The molecule has 0 unspecified atom stereocenters. The van der Waals surface area contributed by atoms with E-state index in [0.717, 1.165) is 46.1 Å².